The van der Waals surface area contributed by atoms with Gasteiger partial charge in [-0.3, -0.25) is 13.8 Å². The number of quaternary nitrogens is 1. The highest BCUT2D eigenvalue weighted by molar-refractivity contribution is 7.47. The van der Waals surface area contributed by atoms with Gasteiger partial charge in [0.15, 0.2) is 0 Å². The van der Waals surface area contributed by atoms with E-state index >= 15 is 0 Å². The molecule has 3 N–H and O–H groups in total. The predicted octanol–water partition coefficient (Wildman–Crippen LogP) is 10.3. The molecule has 0 aromatic heterocycles. The SMILES string of the molecule is CCCCCCCCCCCCCCCCC(=O)N[C@@H](COP(=O)(O)OCC[N+](C)(C)C)[C@H](O)/C=C/CCCCCCCCCC(C)C. The molecule has 0 fully saturated rings. The van der Waals surface area contributed by atoms with E-state index in [-0.39, 0.29) is 19.1 Å². The molecular formula is C39H80N2O6P+. The molecule has 0 bridgehead atoms. The van der Waals surface area contributed by atoms with Crippen LogP contribution in [-0.4, -0.2) is 73.4 Å². The minimum absolute atomic E-state index is 0.0633. The summed E-state index contributed by atoms with van der Waals surface area (Å²) in [7, 11) is 1.57. The Morgan fingerprint density at radius 3 is 1.73 bits per heavy atom. The van der Waals surface area contributed by atoms with Crippen LogP contribution in [0.1, 0.15) is 175 Å². The molecule has 48 heavy (non-hydrogen) atoms. The largest absolute Gasteiger partial charge is 0.472 e. The quantitative estimate of drug-likeness (QED) is 0.0263. The third kappa shape index (κ3) is 33.7. The topological polar surface area (TPSA) is 105 Å². The van der Waals surface area contributed by atoms with E-state index in [1.54, 1.807) is 6.08 Å². The maximum Gasteiger partial charge on any atom is 0.472 e. The molecule has 0 radical (unpaired) electrons. The maximum absolute atomic E-state index is 12.8. The summed E-state index contributed by atoms with van der Waals surface area (Å²) in [6.45, 7) is 7.11. The number of carbonyl (C=O) groups is 1. The number of amides is 1. The van der Waals surface area contributed by atoms with Gasteiger partial charge in [0.1, 0.15) is 13.2 Å². The minimum Gasteiger partial charge on any atom is -0.387 e. The summed E-state index contributed by atoms with van der Waals surface area (Å²) in [5.74, 6) is 0.613. The van der Waals surface area contributed by atoms with Gasteiger partial charge in [-0.15, -0.1) is 0 Å². The fourth-order valence-corrected chi connectivity index (χ4v) is 6.43. The van der Waals surface area contributed by atoms with E-state index in [4.69, 9.17) is 9.05 Å². The smallest absolute Gasteiger partial charge is 0.387 e. The first kappa shape index (κ1) is 47.2. The van der Waals surface area contributed by atoms with Gasteiger partial charge in [0, 0.05) is 6.42 Å². The van der Waals surface area contributed by atoms with Crippen molar-refractivity contribution in [1.29, 1.82) is 0 Å². The van der Waals surface area contributed by atoms with Crippen LogP contribution in [0.2, 0.25) is 0 Å². The Kier molecular flexibility index (Phi) is 30.5. The Morgan fingerprint density at radius 2 is 1.23 bits per heavy atom. The lowest BCUT2D eigenvalue weighted by Crippen LogP contribution is -2.45. The first-order valence-electron chi connectivity index (χ1n) is 19.9. The average molecular weight is 704 g/mol. The van der Waals surface area contributed by atoms with Crippen molar-refractivity contribution in [2.45, 2.75) is 187 Å². The third-order valence-corrected chi connectivity index (χ3v) is 9.92. The van der Waals surface area contributed by atoms with Crippen molar-refractivity contribution in [3.63, 3.8) is 0 Å². The minimum atomic E-state index is -4.32. The van der Waals surface area contributed by atoms with Crippen LogP contribution in [0.15, 0.2) is 12.2 Å². The number of nitrogens with one attached hydrogen (secondary N) is 1. The molecule has 0 aliphatic carbocycles. The Hall–Kier alpha value is -0.760. The number of hydrogen-bond acceptors (Lipinski definition) is 5. The number of rotatable bonds is 35. The van der Waals surface area contributed by atoms with Crippen molar-refractivity contribution in [3.8, 4) is 0 Å². The summed E-state index contributed by atoms with van der Waals surface area (Å²) >= 11 is 0. The van der Waals surface area contributed by atoms with Crippen LogP contribution in [0.25, 0.3) is 0 Å². The zero-order chi connectivity index (χ0) is 35.9. The standard InChI is InChI=1S/C39H79N2O6P/c1-7-8-9-10-11-12-13-14-15-16-20-23-26-29-32-39(43)40-37(35-47-48(44,45)46-34-33-41(4,5)6)38(42)31-28-25-22-19-17-18-21-24-27-30-36(2)3/h28,31,36-38,42H,7-27,29-30,32-35H2,1-6H3,(H-,40,43,44,45)/p+1/b31-28+/t37-,38+/m0/s1. The Bertz CT molecular complexity index is 817. The van der Waals surface area contributed by atoms with Crippen molar-refractivity contribution in [3.05, 3.63) is 12.2 Å². The van der Waals surface area contributed by atoms with Crippen LogP contribution in [-0.2, 0) is 18.4 Å². The Labute approximate surface area is 297 Å². The number of unbranched alkanes of at least 4 members (excludes halogenated alkanes) is 20. The fraction of sp³-hybridized carbons (Fsp3) is 0.923. The number of allylic oxidation sites excluding steroid dienone is 1. The van der Waals surface area contributed by atoms with Gasteiger partial charge in [0.05, 0.1) is 39.9 Å². The molecule has 286 valence electrons. The van der Waals surface area contributed by atoms with Crippen molar-refractivity contribution < 1.29 is 32.9 Å². The molecule has 3 atom stereocenters. The number of aliphatic hydroxyl groups is 1. The number of nitrogens with zero attached hydrogens (tertiary/aromatic N) is 1. The van der Waals surface area contributed by atoms with Crippen molar-refractivity contribution in [2.75, 3.05) is 40.9 Å². The van der Waals surface area contributed by atoms with E-state index in [0.29, 0.717) is 17.4 Å². The second kappa shape index (κ2) is 31.0. The third-order valence-electron chi connectivity index (χ3n) is 8.94. The van der Waals surface area contributed by atoms with Crippen LogP contribution in [0.3, 0.4) is 0 Å². The summed E-state index contributed by atoms with van der Waals surface area (Å²) in [4.78, 5) is 23.0. The molecule has 0 rings (SSSR count). The van der Waals surface area contributed by atoms with Gasteiger partial charge in [0.25, 0.3) is 0 Å². The first-order chi connectivity index (χ1) is 22.9. The van der Waals surface area contributed by atoms with Crippen molar-refractivity contribution >= 4 is 13.7 Å². The average Bonchev–Trinajstić information content (AvgIpc) is 3.01. The normalized spacial score (nSPS) is 14.9. The summed E-state index contributed by atoms with van der Waals surface area (Å²) < 4.78 is 23.5. The van der Waals surface area contributed by atoms with E-state index in [2.05, 4.69) is 26.1 Å². The summed E-state index contributed by atoms with van der Waals surface area (Å²) in [6.07, 6.45) is 31.3. The number of carbonyl (C=O) groups excluding carboxylic acids is 1. The van der Waals surface area contributed by atoms with Crippen molar-refractivity contribution in [1.82, 2.24) is 5.32 Å². The lowest BCUT2D eigenvalue weighted by molar-refractivity contribution is -0.870. The zero-order valence-corrected chi connectivity index (χ0v) is 33.3. The van der Waals surface area contributed by atoms with E-state index in [0.717, 1.165) is 44.4 Å². The number of phosphoric acid groups is 1. The predicted molar refractivity (Wildman–Crippen MR) is 203 cm³/mol. The highest BCUT2D eigenvalue weighted by atomic mass is 31.2. The van der Waals surface area contributed by atoms with E-state index in [1.165, 1.54) is 109 Å². The number of hydrogen-bond donors (Lipinski definition) is 3. The van der Waals surface area contributed by atoms with Crippen LogP contribution in [0, 0.1) is 5.92 Å². The van der Waals surface area contributed by atoms with Gasteiger partial charge in [0.2, 0.25) is 5.91 Å². The number of likely N-dealkylation sites (N-methyl/N-ethyl adjacent to an activating group) is 1. The van der Waals surface area contributed by atoms with Crippen molar-refractivity contribution in [2.24, 2.45) is 5.92 Å². The molecular weight excluding hydrogens is 623 g/mol. The highest BCUT2D eigenvalue weighted by Gasteiger charge is 2.27. The fourth-order valence-electron chi connectivity index (χ4n) is 5.69. The second-order valence-electron chi connectivity index (χ2n) is 15.5. The Balaban J connectivity index is 4.50. The molecule has 0 spiro atoms. The van der Waals surface area contributed by atoms with Gasteiger partial charge >= 0.3 is 7.82 Å². The van der Waals surface area contributed by atoms with Crippen LogP contribution in [0.4, 0.5) is 0 Å². The molecule has 0 aromatic rings. The summed E-state index contributed by atoms with van der Waals surface area (Å²) in [6, 6.07) is -0.839. The molecule has 0 saturated heterocycles. The molecule has 0 heterocycles. The molecule has 9 heteroatoms. The van der Waals surface area contributed by atoms with Crippen LogP contribution >= 0.6 is 7.82 Å². The van der Waals surface area contributed by atoms with Gasteiger partial charge in [-0.2, -0.15) is 0 Å². The molecule has 0 saturated carbocycles. The molecule has 8 nitrogen and oxygen atoms in total. The zero-order valence-electron chi connectivity index (χ0n) is 32.4. The number of aliphatic hydroxyl groups excluding tert-OH is 1. The van der Waals surface area contributed by atoms with Gasteiger partial charge < -0.3 is 19.8 Å². The molecule has 0 aliphatic heterocycles. The Morgan fingerprint density at radius 1 is 0.750 bits per heavy atom. The lowest BCUT2D eigenvalue weighted by Gasteiger charge is -2.25. The molecule has 0 aliphatic rings. The molecule has 0 aromatic carbocycles. The first-order valence-corrected chi connectivity index (χ1v) is 21.4. The summed E-state index contributed by atoms with van der Waals surface area (Å²) in [5, 5.41) is 13.8. The van der Waals surface area contributed by atoms with Crippen LogP contribution in [0.5, 0.6) is 0 Å². The highest BCUT2D eigenvalue weighted by Crippen LogP contribution is 2.43. The monoisotopic (exact) mass is 704 g/mol. The van der Waals surface area contributed by atoms with Gasteiger partial charge in [-0.05, 0) is 25.2 Å². The maximum atomic E-state index is 12.8. The van der Waals surface area contributed by atoms with E-state index in [9.17, 15) is 19.4 Å². The summed E-state index contributed by atoms with van der Waals surface area (Å²) in [5.41, 5.74) is 0. The van der Waals surface area contributed by atoms with Gasteiger partial charge in [-0.25, -0.2) is 4.57 Å². The second-order valence-corrected chi connectivity index (χ2v) is 17.0. The van der Waals surface area contributed by atoms with Gasteiger partial charge in [-0.1, -0.05) is 161 Å². The number of phosphoric ester groups is 1. The van der Waals surface area contributed by atoms with E-state index in [1.807, 2.05) is 27.2 Å². The lowest BCUT2D eigenvalue weighted by atomic mass is 10.0. The van der Waals surface area contributed by atoms with Crippen LogP contribution < -0.4 is 5.32 Å². The molecule has 1 amide bonds. The van der Waals surface area contributed by atoms with E-state index < -0.39 is 20.0 Å². The molecule has 1 unspecified atom stereocenters.